The third-order valence-electron chi connectivity index (χ3n) is 5.22. The highest BCUT2D eigenvalue weighted by Crippen LogP contribution is 2.32. The van der Waals surface area contributed by atoms with Gasteiger partial charge in [0, 0.05) is 17.0 Å². The molecule has 0 radical (unpaired) electrons. The Morgan fingerprint density at radius 3 is 2.47 bits per heavy atom. The fraction of sp³-hybridized carbons (Fsp3) is 0.208. The number of nitrogens with zero attached hydrogens (tertiary/aromatic N) is 3. The predicted octanol–water partition coefficient (Wildman–Crippen LogP) is 5.95. The van der Waals surface area contributed by atoms with Crippen LogP contribution < -0.4 is 0 Å². The maximum absolute atomic E-state index is 12.2. The van der Waals surface area contributed by atoms with Crippen LogP contribution >= 0.6 is 11.8 Å². The molecule has 0 saturated carbocycles. The van der Waals surface area contributed by atoms with E-state index in [1.54, 1.807) is 24.9 Å². The van der Waals surface area contributed by atoms with Crippen molar-refractivity contribution in [3.63, 3.8) is 0 Å². The molecule has 2 heterocycles. The smallest absolute Gasteiger partial charge is 0.205 e. The van der Waals surface area contributed by atoms with E-state index in [1.165, 1.54) is 5.56 Å². The van der Waals surface area contributed by atoms with Crippen molar-refractivity contribution in [2.24, 2.45) is 0 Å². The van der Waals surface area contributed by atoms with E-state index in [9.17, 15) is 4.79 Å². The maximum atomic E-state index is 12.2. The number of ketones is 1. The van der Waals surface area contributed by atoms with Gasteiger partial charge in [-0.25, -0.2) is 0 Å². The number of hydrogen-bond acceptors (Lipinski definition) is 5. The molecule has 2 aromatic heterocycles. The molecule has 0 fully saturated rings. The Kier molecular flexibility index (Phi) is 5.59. The molecule has 0 aliphatic heterocycles. The molecule has 152 valence electrons. The third-order valence-corrected chi connectivity index (χ3v) is 6.17. The molecule has 0 amide bonds. The normalized spacial score (nSPS) is 11.1. The second-order valence-electron chi connectivity index (χ2n) is 7.29. The maximum Gasteiger partial charge on any atom is 0.205 e. The lowest BCUT2D eigenvalue weighted by atomic mass is 9.92. The van der Waals surface area contributed by atoms with E-state index in [0.29, 0.717) is 17.3 Å². The standard InChI is InChI=1S/C24H23N3O2S/c1-15-13-16(2)22(18(4)28)17(3)20(15)14-30-24-26-25-23(21-11-8-12-29-21)27(24)19-9-6-5-7-10-19/h5-13H,14H2,1-4H3. The minimum absolute atomic E-state index is 0.101. The van der Waals surface area contributed by atoms with Crippen molar-refractivity contribution >= 4 is 17.5 Å². The molecule has 0 N–H and O–H groups in total. The Balaban J connectivity index is 1.74. The van der Waals surface area contributed by atoms with Crippen LogP contribution in [0.25, 0.3) is 17.3 Å². The SMILES string of the molecule is CC(=O)c1c(C)cc(C)c(CSc2nnc(-c3ccco3)n2-c2ccccc2)c1C. The molecule has 30 heavy (non-hydrogen) atoms. The van der Waals surface area contributed by atoms with Crippen molar-refractivity contribution in [3.8, 4) is 17.3 Å². The first kappa shape index (κ1) is 20.2. The fourth-order valence-electron chi connectivity index (χ4n) is 3.87. The van der Waals surface area contributed by atoms with Crippen molar-refractivity contribution < 1.29 is 9.21 Å². The summed E-state index contributed by atoms with van der Waals surface area (Å²) in [4.78, 5) is 12.2. The summed E-state index contributed by atoms with van der Waals surface area (Å²) in [6, 6.07) is 15.8. The van der Waals surface area contributed by atoms with Gasteiger partial charge in [0.05, 0.1) is 6.26 Å². The van der Waals surface area contributed by atoms with Crippen molar-refractivity contribution in [3.05, 3.63) is 82.6 Å². The number of hydrogen-bond donors (Lipinski definition) is 0. The summed E-state index contributed by atoms with van der Waals surface area (Å²) in [5.74, 6) is 2.13. The second kappa shape index (κ2) is 8.32. The summed E-state index contributed by atoms with van der Waals surface area (Å²) in [6.45, 7) is 7.75. The van der Waals surface area contributed by atoms with Crippen molar-refractivity contribution in [2.75, 3.05) is 0 Å². The predicted molar refractivity (Wildman–Crippen MR) is 119 cm³/mol. The van der Waals surface area contributed by atoms with Crippen LogP contribution in [0.15, 0.2) is 64.4 Å². The summed E-state index contributed by atoms with van der Waals surface area (Å²) in [5, 5.41) is 9.62. The van der Waals surface area contributed by atoms with E-state index < -0.39 is 0 Å². The summed E-state index contributed by atoms with van der Waals surface area (Å²) >= 11 is 1.60. The zero-order valence-corrected chi connectivity index (χ0v) is 18.3. The lowest BCUT2D eigenvalue weighted by Gasteiger charge is -2.16. The summed E-state index contributed by atoms with van der Waals surface area (Å²) in [5.41, 5.74) is 6.20. The number of furan rings is 1. The highest BCUT2D eigenvalue weighted by Gasteiger charge is 2.20. The lowest BCUT2D eigenvalue weighted by Crippen LogP contribution is -2.06. The van der Waals surface area contributed by atoms with Gasteiger partial charge in [-0.3, -0.25) is 9.36 Å². The zero-order chi connectivity index (χ0) is 21.3. The second-order valence-corrected chi connectivity index (χ2v) is 8.23. The number of rotatable bonds is 6. The molecule has 0 unspecified atom stereocenters. The van der Waals surface area contributed by atoms with E-state index in [-0.39, 0.29) is 5.78 Å². The number of aryl methyl sites for hydroxylation is 2. The monoisotopic (exact) mass is 417 g/mol. The molecule has 4 rings (SSSR count). The largest absolute Gasteiger partial charge is 0.461 e. The Morgan fingerprint density at radius 1 is 1.03 bits per heavy atom. The zero-order valence-electron chi connectivity index (χ0n) is 17.5. The molecule has 0 bridgehead atoms. The van der Waals surface area contributed by atoms with Gasteiger partial charge in [0.1, 0.15) is 0 Å². The van der Waals surface area contributed by atoms with E-state index in [1.807, 2.05) is 60.9 Å². The van der Waals surface area contributed by atoms with Gasteiger partial charge in [0.25, 0.3) is 0 Å². The molecule has 0 saturated heterocycles. The summed E-state index contributed by atoms with van der Waals surface area (Å²) in [6.07, 6.45) is 1.63. The van der Waals surface area contributed by atoms with E-state index in [2.05, 4.69) is 23.2 Å². The van der Waals surface area contributed by atoms with Crippen molar-refractivity contribution in [1.29, 1.82) is 0 Å². The van der Waals surface area contributed by atoms with Gasteiger partial charge in [-0.1, -0.05) is 36.0 Å². The Hall–Kier alpha value is -3.12. The van der Waals surface area contributed by atoms with Crippen LogP contribution in [0.2, 0.25) is 0 Å². The van der Waals surface area contributed by atoms with Crippen molar-refractivity contribution in [2.45, 2.75) is 38.6 Å². The van der Waals surface area contributed by atoms with Gasteiger partial charge in [0.15, 0.2) is 16.7 Å². The first-order valence-corrected chi connectivity index (χ1v) is 10.7. The third kappa shape index (κ3) is 3.71. The van der Waals surface area contributed by atoms with Crippen LogP contribution in [-0.2, 0) is 5.75 Å². The highest BCUT2D eigenvalue weighted by molar-refractivity contribution is 7.98. The quantitative estimate of drug-likeness (QED) is 0.287. The van der Waals surface area contributed by atoms with E-state index >= 15 is 0 Å². The number of aromatic nitrogens is 3. The molecule has 0 spiro atoms. The molecule has 4 aromatic rings. The summed E-state index contributed by atoms with van der Waals surface area (Å²) < 4.78 is 7.59. The van der Waals surface area contributed by atoms with Crippen molar-refractivity contribution in [1.82, 2.24) is 14.8 Å². The van der Waals surface area contributed by atoms with Crippen LogP contribution in [0.3, 0.4) is 0 Å². The molecule has 0 aliphatic rings. The van der Waals surface area contributed by atoms with Crippen LogP contribution in [0, 0.1) is 20.8 Å². The Morgan fingerprint density at radius 2 is 1.80 bits per heavy atom. The van der Waals surface area contributed by atoms with Crippen LogP contribution in [0.5, 0.6) is 0 Å². The van der Waals surface area contributed by atoms with Crippen LogP contribution in [0.4, 0.5) is 0 Å². The average molecular weight is 418 g/mol. The van der Waals surface area contributed by atoms with Gasteiger partial charge in [-0.15, -0.1) is 10.2 Å². The first-order valence-electron chi connectivity index (χ1n) is 9.75. The molecule has 0 aliphatic carbocycles. The van der Waals surface area contributed by atoms with Gasteiger partial charge in [0.2, 0.25) is 5.82 Å². The minimum atomic E-state index is 0.101. The van der Waals surface area contributed by atoms with E-state index in [4.69, 9.17) is 4.42 Å². The van der Waals surface area contributed by atoms with Gasteiger partial charge >= 0.3 is 0 Å². The number of carbonyl (C=O) groups is 1. The van der Waals surface area contributed by atoms with Crippen LogP contribution in [0.1, 0.15) is 39.5 Å². The molecular weight excluding hydrogens is 394 g/mol. The fourth-order valence-corrected chi connectivity index (χ4v) is 5.00. The number of Topliss-reactive ketones (excluding diaryl/α,β-unsaturated/α-hetero) is 1. The molecule has 5 nitrogen and oxygen atoms in total. The van der Waals surface area contributed by atoms with Gasteiger partial charge < -0.3 is 4.42 Å². The molecule has 0 atom stereocenters. The van der Waals surface area contributed by atoms with Gasteiger partial charge in [-0.05, 0) is 74.2 Å². The van der Waals surface area contributed by atoms with E-state index in [0.717, 1.165) is 33.1 Å². The Labute approximate surface area is 180 Å². The highest BCUT2D eigenvalue weighted by atomic mass is 32.2. The van der Waals surface area contributed by atoms with Crippen LogP contribution in [-0.4, -0.2) is 20.5 Å². The molecule has 6 heteroatoms. The molecular formula is C24H23N3O2S. The number of thioether (sulfide) groups is 1. The minimum Gasteiger partial charge on any atom is -0.461 e. The average Bonchev–Trinajstić information content (AvgIpc) is 3.37. The molecule has 2 aromatic carbocycles. The van der Waals surface area contributed by atoms with Gasteiger partial charge in [-0.2, -0.15) is 0 Å². The number of benzene rings is 2. The number of para-hydroxylation sites is 1. The summed E-state index contributed by atoms with van der Waals surface area (Å²) in [7, 11) is 0. The first-order chi connectivity index (χ1) is 14.5. The Bertz CT molecular complexity index is 1200. The topological polar surface area (TPSA) is 60.9 Å². The number of carbonyl (C=O) groups excluding carboxylic acids is 1. The lowest BCUT2D eigenvalue weighted by molar-refractivity contribution is 0.101.